The minimum Gasteiger partial charge on any atom is -0.463 e. The van der Waals surface area contributed by atoms with Gasteiger partial charge in [-0.15, -0.1) is 0 Å². The van der Waals surface area contributed by atoms with Crippen LogP contribution in [-0.2, 0) is 61.6 Å². The van der Waals surface area contributed by atoms with Gasteiger partial charge in [-0.05, 0) is 35.1 Å². The number of amides is 1. The Hall–Kier alpha value is -3.22. The largest absolute Gasteiger partial charge is 0.463 e. The number of esters is 1. The highest BCUT2D eigenvalue weighted by Gasteiger charge is 2.29. The molecule has 1 aliphatic carbocycles. The average molecular weight is 920 g/mol. The van der Waals surface area contributed by atoms with Gasteiger partial charge in [0.25, 0.3) is 0 Å². The van der Waals surface area contributed by atoms with Gasteiger partial charge >= 0.3 is 12.1 Å². The van der Waals surface area contributed by atoms with E-state index < -0.39 is 6.09 Å². The molecule has 0 bridgehead atoms. The zero-order valence-electron chi connectivity index (χ0n) is 39.5. The van der Waals surface area contributed by atoms with Gasteiger partial charge in [-0.2, -0.15) is 0 Å². The van der Waals surface area contributed by atoms with Crippen LogP contribution < -0.4 is 5.32 Å². The van der Waals surface area contributed by atoms with Crippen molar-refractivity contribution in [3.63, 3.8) is 0 Å². The lowest BCUT2D eigenvalue weighted by atomic mass is 9.98. The molecule has 15 nitrogen and oxygen atoms in total. The molecule has 0 atom stereocenters. The van der Waals surface area contributed by atoms with Crippen LogP contribution in [0.15, 0.2) is 48.5 Å². The van der Waals surface area contributed by atoms with Crippen molar-refractivity contribution in [2.75, 3.05) is 152 Å². The van der Waals surface area contributed by atoms with Crippen molar-refractivity contribution in [2.45, 2.75) is 83.5 Å². The molecular formula is C50H81NO14. The molecule has 0 fully saturated rings. The standard InChI is InChI=1S/C50H81NO14/c1-2-3-4-5-6-7-8-9-10-20-49(52)64-42-41-63-40-39-62-38-37-61-36-35-60-34-33-59-32-31-58-30-29-57-28-27-56-26-25-55-24-23-54-22-15-21-51-50(53)65-43-48-46-18-13-11-16-44(46)45-17-12-14-19-47(45)48/h11-14,16-19,48H,2-10,15,20-43H2,1H3,(H,51,53). The number of nitrogens with one attached hydrogen (secondary N) is 1. The van der Waals surface area contributed by atoms with Crippen LogP contribution in [0.5, 0.6) is 0 Å². The Bertz CT molecular complexity index is 1390. The van der Waals surface area contributed by atoms with Crippen LogP contribution in [-0.4, -0.2) is 164 Å². The number of unbranched alkanes of at least 4 members (excludes halogenated alkanes) is 8. The molecule has 15 heteroatoms. The number of alkyl carbamates (subject to hydrolysis) is 1. The van der Waals surface area contributed by atoms with E-state index in [2.05, 4.69) is 36.5 Å². The third-order valence-electron chi connectivity index (χ3n) is 10.4. The maximum absolute atomic E-state index is 12.3. The summed E-state index contributed by atoms with van der Waals surface area (Å²) in [5.74, 6) is -0.0950. The maximum atomic E-state index is 12.3. The first-order valence-electron chi connectivity index (χ1n) is 24.2. The van der Waals surface area contributed by atoms with Crippen molar-refractivity contribution in [2.24, 2.45) is 0 Å². The number of carbonyl (C=O) groups excluding carboxylic acids is 2. The Balaban J connectivity index is 0.912. The minimum absolute atomic E-state index is 0.0459. The van der Waals surface area contributed by atoms with Gasteiger partial charge < -0.3 is 62.2 Å². The predicted molar refractivity (Wildman–Crippen MR) is 249 cm³/mol. The second kappa shape index (κ2) is 41.0. The summed E-state index contributed by atoms with van der Waals surface area (Å²) in [5, 5.41) is 2.81. The first kappa shape index (κ1) is 56.1. The highest BCUT2D eigenvalue weighted by molar-refractivity contribution is 5.79. The smallest absolute Gasteiger partial charge is 0.407 e. The first-order valence-corrected chi connectivity index (χ1v) is 24.2. The topological polar surface area (TPSA) is 157 Å². The molecule has 0 aromatic heterocycles. The molecule has 0 radical (unpaired) electrons. The first-order chi connectivity index (χ1) is 32.2. The van der Waals surface area contributed by atoms with Crippen molar-refractivity contribution in [1.82, 2.24) is 5.32 Å². The molecular weight excluding hydrogens is 839 g/mol. The molecule has 2 aromatic rings. The van der Waals surface area contributed by atoms with Crippen LogP contribution in [0.2, 0.25) is 0 Å². The molecule has 1 aliphatic rings. The van der Waals surface area contributed by atoms with E-state index in [4.69, 9.17) is 56.8 Å². The molecule has 0 heterocycles. The second-order valence-corrected chi connectivity index (χ2v) is 15.5. The number of hydrogen-bond donors (Lipinski definition) is 1. The van der Waals surface area contributed by atoms with Crippen LogP contribution in [0, 0.1) is 0 Å². The van der Waals surface area contributed by atoms with Gasteiger partial charge in [0.05, 0.1) is 126 Å². The van der Waals surface area contributed by atoms with Crippen molar-refractivity contribution in [3.05, 3.63) is 59.7 Å². The molecule has 0 aliphatic heterocycles. The molecule has 0 spiro atoms. The number of rotatable bonds is 46. The molecule has 1 amide bonds. The Morgan fingerprint density at radius 2 is 0.769 bits per heavy atom. The quantitative estimate of drug-likeness (QED) is 0.0513. The fraction of sp³-hybridized carbons (Fsp3) is 0.720. The monoisotopic (exact) mass is 920 g/mol. The van der Waals surface area contributed by atoms with Gasteiger partial charge in [-0.3, -0.25) is 4.79 Å². The van der Waals surface area contributed by atoms with E-state index in [0.717, 1.165) is 12.8 Å². The SMILES string of the molecule is CCCCCCCCCCCC(=O)OCCOCCOCCOCCOCCOCCOCCOCCOCCOCCOCCCNC(=O)OCC1c2ccccc2-c2ccccc21. The van der Waals surface area contributed by atoms with Crippen LogP contribution in [0.25, 0.3) is 11.1 Å². The third kappa shape index (κ3) is 29.2. The highest BCUT2D eigenvalue weighted by atomic mass is 16.6. The van der Waals surface area contributed by atoms with Crippen LogP contribution in [0.4, 0.5) is 4.79 Å². The molecule has 3 rings (SSSR count). The molecule has 0 saturated carbocycles. The van der Waals surface area contributed by atoms with Gasteiger partial charge in [0.2, 0.25) is 0 Å². The van der Waals surface area contributed by atoms with Crippen LogP contribution in [0.3, 0.4) is 0 Å². The van der Waals surface area contributed by atoms with Crippen molar-refractivity contribution >= 4 is 12.1 Å². The second-order valence-electron chi connectivity index (χ2n) is 15.5. The van der Waals surface area contributed by atoms with E-state index in [1.54, 1.807) is 0 Å². The molecule has 0 saturated heterocycles. The van der Waals surface area contributed by atoms with E-state index in [0.29, 0.717) is 158 Å². The summed E-state index contributed by atoms with van der Waals surface area (Å²) in [7, 11) is 0. The number of benzene rings is 2. The van der Waals surface area contributed by atoms with E-state index in [1.165, 1.54) is 67.2 Å². The maximum Gasteiger partial charge on any atom is 0.407 e. The predicted octanol–water partition coefficient (Wildman–Crippen LogP) is 7.55. The summed E-state index contributed by atoms with van der Waals surface area (Å²) >= 11 is 0. The summed E-state index contributed by atoms with van der Waals surface area (Å²) in [6.45, 7) is 12.8. The lowest BCUT2D eigenvalue weighted by Gasteiger charge is -2.14. The third-order valence-corrected chi connectivity index (χ3v) is 10.4. The van der Waals surface area contributed by atoms with Crippen molar-refractivity contribution < 1.29 is 66.4 Å². The summed E-state index contributed by atoms with van der Waals surface area (Å²) < 4.78 is 66.0. The van der Waals surface area contributed by atoms with Gasteiger partial charge in [0.1, 0.15) is 13.2 Å². The lowest BCUT2D eigenvalue weighted by Crippen LogP contribution is -2.27. The Labute approximate surface area is 389 Å². The fourth-order valence-electron chi connectivity index (χ4n) is 6.96. The van der Waals surface area contributed by atoms with E-state index in [1.807, 2.05) is 24.3 Å². The molecule has 1 N–H and O–H groups in total. The summed E-state index contributed by atoms with van der Waals surface area (Å²) in [5.41, 5.74) is 4.80. The fourth-order valence-corrected chi connectivity index (χ4v) is 6.96. The van der Waals surface area contributed by atoms with Crippen molar-refractivity contribution in [3.8, 4) is 11.1 Å². The molecule has 65 heavy (non-hydrogen) atoms. The summed E-state index contributed by atoms with van der Waals surface area (Å²) in [4.78, 5) is 24.1. The Kier molecular flexibility index (Phi) is 35.4. The highest BCUT2D eigenvalue weighted by Crippen LogP contribution is 2.44. The Morgan fingerprint density at radius 1 is 0.415 bits per heavy atom. The van der Waals surface area contributed by atoms with Gasteiger partial charge in [-0.25, -0.2) is 4.79 Å². The number of hydrogen-bond acceptors (Lipinski definition) is 14. The summed E-state index contributed by atoms with van der Waals surface area (Å²) in [6.07, 6.45) is 11.8. The number of fused-ring (bicyclic) bond motifs is 3. The Morgan fingerprint density at radius 3 is 1.18 bits per heavy atom. The minimum atomic E-state index is -0.417. The zero-order valence-corrected chi connectivity index (χ0v) is 39.5. The molecule has 370 valence electrons. The summed E-state index contributed by atoms with van der Waals surface area (Å²) in [6, 6.07) is 16.6. The number of ether oxygens (including phenoxy) is 12. The normalized spacial score (nSPS) is 12.1. The molecule has 2 aromatic carbocycles. The van der Waals surface area contributed by atoms with E-state index >= 15 is 0 Å². The average Bonchev–Trinajstić information content (AvgIpc) is 3.64. The van der Waals surface area contributed by atoms with E-state index in [-0.39, 0.29) is 18.5 Å². The van der Waals surface area contributed by atoms with Crippen molar-refractivity contribution in [1.29, 1.82) is 0 Å². The van der Waals surface area contributed by atoms with E-state index in [9.17, 15) is 9.59 Å². The van der Waals surface area contributed by atoms with Gasteiger partial charge in [0.15, 0.2) is 0 Å². The van der Waals surface area contributed by atoms with Gasteiger partial charge in [-0.1, -0.05) is 107 Å². The lowest BCUT2D eigenvalue weighted by molar-refractivity contribution is -0.145. The van der Waals surface area contributed by atoms with Gasteiger partial charge in [0, 0.05) is 25.5 Å². The van der Waals surface area contributed by atoms with Crippen LogP contribution in [0.1, 0.15) is 94.6 Å². The number of carbonyl (C=O) groups is 2. The molecule has 0 unspecified atom stereocenters. The zero-order chi connectivity index (χ0) is 45.9. The van der Waals surface area contributed by atoms with Crippen LogP contribution >= 0.6 is 0 Å².